The second-order valence-electron chi connectivity index (χ2n) is 4.76. The highest BCUT2D eigenvalue weighted by Crippen LogP contribution is 2.21. The fourth-order valence-electron chi connectivity index (χ4n) is 2.24. The summed E-state index contributed by atoms with van der Waals surface area (Å²) in [6, 6.07) is 15.1. The molecule has 104 valence electrons. The molecule has 1 heterocycles. The molecule has 1 aromatic heterocycles. The molecule has 2 aromatic carbocycles. The van der Waals surface area contributed by atoms with Gasteiger partial charge in [-0.1, -0.05) is 48.0 Å². The lowest BCUT2D eigenvalue weighted by molar-refractivity contribution is -0.115. The molecule has 0 radical (unpaired) electrons. The fourth-order valence-corrected chi connectivity index (χ4v) is 2.46. The van der Waals surface area contributed by atoms with Crippen LogP contribution in [0.4, 0.5) is 5.69 Å². The lowest BCUT2D eigenvalue weighted by Gasteiger charge is -2.08. The van der Waals surface area contributed by atoms with Crippen LogP contribution < -0.4 is 5.32 Å². The van der Waals surface area contributed by atoms with Gasteiger partial charge in [0.1, 0.15) is 0 Å². The summed E-state index contributed by atoms with van der Waals surface area (Å²) in [5.74, 6) is -0.0876. The third kappa shape index (κ3) is 3.20. The predicted molar refractivity (Wildman–Crippen MR) is 85.5 cm³/mol. The van der Waals surface area contributed by atoms with E-state index in [2.05, 4.69) is 10.3 Å². The topological polar surface area (TPSA) is 42.0 Å². The molecule has 3 rings (SSSR count). The second-order valence-corrected chi connectivity index (χ2v) is 5.20. The zero-order valence-electron chi connectivity index (χ0n) is 11.2. The van der Waals surface area contributed by atoms with Gasteiger partial charge in [-0.2, -0.15) is 0 Å². The van der Waals surface area contributed by atoms with Crippen molar-refractivity contribution in [3.05, 3.63) is 71.5 Å². The Bertz CT molecular complexity index is 796. The summed E-state index contributed by atoms with van der Waals surface area (Å²) in [6.45, 7) is 0. The van der Waals surface area contributed by atoms with E-state index in [1.54, 1.807) is 24.5 Å². The summed E-state index contributed by atoms with van der Waals surface area (Å²) >= 11 is 5.92. The maximum Gasteiger partial charge on any atom is 0.228 e. The normalized spacial score (nSPS) is 10.5. The number of hydrogen-bond acceptors (Lipinski definition) is 2. The third-order valence-electron chi connectivity index (χ3n) is 3.20. The van der Waals surface area contributed by atoms with Gasteiger partial charge in [-0.15, -0.1) is 0 Å². The molecule has 0 fully saturated rings. The minimum absolute atomic E-state index is 0.0876. The van der Waals surface area contributed by atoms with Crippen LogP contribution in [-0.4, -0.2) is 10.9 Å². The van der Waals surface area contributed by atoms with Gasteiger partial charge in [-0.25, -0.2) is 0 Å². The number of fused-ring (bicyclic) bond motifs is 1. The number of anilines is 1. The molecular formula is C17H13ClN2O. The number of carbonyl (C=O) groups is 1. The van der Waals surface area contributed by atoms with Gasteiger partial charge in [0.15, 0.2) is 0 Å². The van der Waals surface area contributed by atoms with Crippen molar-refractivity contribution < 1.29 is 4.79 Å². The molecule has 4 heteroatoms. The van der Waals surface area contributed by atoms with Crippen LogP contribution in [-0.2, 0) is 11.2 Å². The summed E-state index contributed by atoms with van der Waals surface area (Å²) in [5, 5.41) is 5.52. The van der Waals surface area contributed by atoms with Gasteiger partial charge >= 0.3 is 0 Å². The molecule has 3 nitrogen and oxygen atoms in total. The first-order valence-electron chi connectivity index (χ1n) is 6.59. The summed E-state index contributed by atoms with van der Waals surface area (Å²) in [6.07, 6.45) is 3.73. The molecule has 3 aromatic rings. The van der Waals surface area contributed by atoms with Gasteiger partial charge in [0, 0.05) is 22.0 Å². The van der Waals surface area contributed by atoms with Crippen molar-refractivity contribution in [3.63, 3.8) is 0 Å². The van der Waals surface area contributed by atoms with E-state index >= 15 is 0 Å². The summed E-state index contributed by atoms with van der Waals surface area (Å²) < 4.78 is 0. The predicted octanol–water partition coefficient (Wildman–Crippen LogP) is 4.07. The first kappa shape index (κ1) is 13.6. The summed E-state index contributed by atoms with van der Waals surface area (Å²) in [4.78, 5) is 16.3. The van der Waals surface area contributed by atoms with Crippen molar-refractivity contribution in [2.45, 2.75) is 6.42 Å². The minimum atomic E-state index is -0.0876. The zero-order chi connectivity index (χ0) is 14.7. The molecule has 0 aliphatic heterocycles. The minimum Gasteiger partial charge on any atom is -0.324 e. The SMILES string of the molecule is O=C(Cc1cccc(Cl)c1)Nc1cncc2ccccc12. The van der Waals surface area contributed by atoms with Crippen LogP contribution in [0.3, 0.4) is 0 Å². The van der Waals surface area contributed by atoms with Crippen LogP contribution in [0.1, 0.15) is 5.56 Å². The van der Waals surface area contributed by atoms with E-state index < -0.39 is 0 Å². The highest BCUT2D eigenvalue weighted by atomic mass is 35.5. The maximum atomic E-state index is 12.2. The second kappa shape index (κ2) is 5.94. The quantitative estimate of drug-likeness (QED) is 0.791. The van der Waals surface area contributed by atoms with E-state index in [9.17, 15) is 4.79 Å². The Labute approximate surface area is 127 Å². The summed E-state index contributed by atoms with van der Waals surface area (Å²) in [5.41, 5.74) is 1.60. The molecule has 0 unspecified atom stereocenters. The van der Waals surface area contributed by atoms with Gasteiger partial charge < -0.3 is 5.32 Å². The molecule has 0 saturated heterocycles. The van der Waals surface area contributed by atoms with E-state index in [-0.39, 0.29) is 12.3 Å². The third-order valence-corrected chi connectivity index (χ3v) is 3.43. The molecule has 0 bridgehead atoms. The first-order valence-corrected chi connectivity index (χ1v) is 6.97. The van der Waals surface area contributed by atoms with Crippen LogP contribution in [0.5, 0.6) is 0 Å². The first-order chi connectivity index (χ1) is 10.2. The molecule has 21 heavy (non-hydrogen) atoms. The van der Waals surface area contributed by atoms with Crippen LogP contribution in [0.25, 0.3) is 10.8 Å². The van der Waals surface area contributed by atoms with Gasteiger partial charge in [-0.3, -0.25) is 9.78 Å². The van der Waals surface area contributed by atoms with E-state index in [4.69, 9.17) is 11.6 Å². The Morgan fingerprint density at radius 3 is 2.81 bits per heavy atom. The Kier molecular flexibility index (Phi) is 3.84. The lowest BCUT2D eigenvalue weighted by Crippen LogP contribution is -2.14. The van der Waals surface area contributed by atoms with E-state index in [0.717, 1.165) is 22.0 Å². The number of hydrogen-bond donors (Lipinski definition) is 1. The van der Waals surface area contributed by atoms with E-state index in [1.165, 1.54) is 0 Å². The smallest absolute Gasteiger partial charge is 0.228 e. The molecule has 1 N–H and O–H groups in total. The lowest BCUT2D eigenvalue weighted by atomic mass is 10.1. The average Bonchev–Trinajstić information content (AvgIpc) is 2.47. The average molecular weight is 297 g/mol. The van der Waals surface area contributed by atoms with Crippen LogP contribution >= 0.6 is 11.6 Å². The van der Waals surface area contributed by atoms with Crippen molar-refractivity contribution in [2.75, 3.05) is 5.32 Å². The molecule has 0 atom stereocenters. The molecular weight excluding hydrogens is 284 g/mol. The fraction of sp³-hybridized carbons (Fsp3) is 0.0588. The number of aromatic nitrogens is 1. The number of carbonyl (C=O) groups excluding carboxylic acids is 1. The number of pyridine rings is 1. The number of halogens is 1. The van der Waals surface area contributed by atoms with Crippen molar-refractivity contribution in [1.82, 2.24) is 4.98 Å². The summed E-state index contributed by atoms with van der Waals surface area (Å²) in [7, 11) is 0. The van der Waals surface area contributed by atoms with Gasteiger partial charge in [0.05, 0.1) is 18.3 Å². The highest BCUT2D eigenvalue weighted by Gasteiger charge is 2.07. The Morgan fingerprint density at radius 1 is 1.10 bits per heavy atom. The maximum absolute atomic E-state index is 12.2. The number of nitrogens with one attached hydrogen (secondary N) is 1. The monoisotopic (exact) mass is 296 g/mol. The Hall–Kier alpha value is -2.39. The highest BCUT2D eigenvalue weighted by molar-refractivity contribution is 6.30. The van der Waals surface area contributed by atoms with Gasteiger partial charge in [0.2, 0.25) is 5.91 Å². The Morgan fingerprint density at radius 2 is 1.95 bits per heavy atom. The van der Waals surface area contributed by atoms with Crippen molar-refractivity contribution >= 4 is 34.0 Å². The van der Waals surface area contributed by atoms with Crippen molar-refractivity contribution in [3.8, 4) is 0 Å². The number of amides is 1. The van der Waals surface area contributed by atoms with Crippen LogP contribution in [0.15, 0.2) is 60.9 Å². The molecule has 1 amide bonds. The largest absolute Gasteiger partial charge is 0.324 e. The molecule has 0 aliphatic carbocycles. The number of nitrogens with zero attached hydrogens (tertiary/aromatic N) is 1. The molecule has 0 spiro atoms. The van der Waals surface area contributed by atoms with Crippen molar-refractivity contribution in [2.24, 2.45) is 0 Å². The number of rotatable bonds is 3. The van der Waals surface area contributed by atoms with E-state index in [0.29, 0.717) is 5.02 Å². The van der Waals surface area contributed by atoms with Gasteiger partial charge in [-0.05, 0) is 17.7 Å². The molecule has 0 saturated carbocycles. The molecule has 0 aliphatic rings. The zero-order valence-corrected chi connectivity index (χ0v) is 12.0. The van der Waals surface area contributed by atoms with Crippen LogP contribution in [0, 0.1) is 0 Å². The number of benzene rings is 2. The van der Waals surface area contributed by atoms with Gasteiger partial charge in [0.25, 0.3) is 0 Å². The van der Waals surface area contributed by atoms with E-state index in [1.807, 2.05) is 36.4 Å². The van der Waals surface area contributed by atoms with Crippen molar-refractivity contribution in [1.29, 1.82) is 0 Å². The Balaban J connectivity index is 1.80. The standard InChI is InChI=1S/C17H13ClN2O/c18-14-6-3-4-12(8-14)9-17(21)20-16-11-19-10-13-5-1-2-7-15(13)16/h1-8,10-11H,9H2,(H,20,21). The van der Waals surface area contributed by atoms with Crippen LogP contribution in [0.2, 0.25) is 5.02 Å².